The molecule has 0 aliphatic rings. The van der Waals surface area contributed by atoms with E-state index in [1.165, 1.54) is 18.3 Å². The number of rotatable bonds is 4. The molecule has 18 heavy (non-hydrogen) atoms. The molecule has 0 saturated carbocycles. The van der Waals surface area contributed by atoms with Gasteiger partial charge < -0.3 is 0 Å². The van der Waals surface area contributed by atoms with Gasteiger partial charge >= 0.3 is 0 Å². The fraction of sp³-hybridized carbons (Fsp3) is 0.182. The van der Waals surface area contributed by atoms with Gasteiger partial charge in [-0.05, 0) is 30.7 Å². The Labute approximate surface area is 104 Å². The summed E-state index contributed by atoms with van der Waals surface area (Å²) >= 11 is 0. The summed E-state index contributed by atoms with van der Waals surface area (Å²) in [5.74, 6) is -0.766. The Bertz CT molecular complexity index is 638. The van der Waals surface area contributed by atoms with Crippen molar-refractivity contribution in [1.82, 2.24) is 14.9 Å². The van der Waals surface area contributed by atoms with Crippen LogP contribution >= 0.6 is 0 Å². The summed E-state index contributed by atoms with van der Waals surface area (Å²) in [6.45, 7) is 1.74. The molecule has 0 spiro atoms. The molecule has 7 heteroatoms. The van der Waals surface area contributed by atoms with Crippen LogP contribution in [0.1, 0.15) is 11.3 Å². The Morgan fingerprint density at radius 3 is 2.83 bits per heavy atom. The molecule has 0 aliphatic heterocycles. The van der Waals surface area contributed by atoms with Gasteiger partial charge in [0.1, 0.15) is 10.7 Å². The average Bonchev–Trinajstić information content (AvgIpc) is 2.83. The van der Waals surface area contributed by atoms with Gasteiger partial charge in [-0.25, -0.2) is 17.5 Å². The molecule has 0 radical (unpaired) electrons. The zero-order valence-corrected chi connectivity index (χ0v) is 10.5. The van der Waals surface area contributed by atoms with E-state index in [0.717, 1.165) is 6.07 Å². The molecular formula is C11H12FN3O2S. The Morgan fingerprint density at radius 2 is 2.17 bits per heavy atom. The normalized spacial score (nSPS) is 11.7. The summed E-state index contributed by atoms with van der Waals surface area (Å²) in [7, 11) is -3.86. The van der Waals surface area contributed by atoms with Gasteiger partial charge in [-0.15, -0.1) is 0 Å². The van der Waals surface area contributed by atoms with Crippen LogP contribution in [-0.4, -0.2) is 18.6 Å². The number of sulfonamides is 1. The number of hydrogen-bond acceptors (Lipinski definition) is 3. The molecule has 1 aromatic carbocycles. The van der Waals surface area contributed by atoms with Gasteiger partial charge in [0.2, 0.25) is 10.0 Å². The van der Waals surface area contributed by atoms with E-state index < -0.39 is 15.8 Å². The minimum atomic E-state index is -3.86. The SMILES string of the molecule is Cc1ccc(F)c(S(=O)(=O)NCc2ccn[nH]2)c1. The fourth-order valence-corrected chi connectivity index (χ4v) is 2.62. The third-order valence-corrected chi connectivity index (χ3v) is 3.80. The molecule has 0 aliphatic carbocycles. The van der Waals surface area contributed by atoms with E-state index in [0.29, 0.717) is 11.3 Å². The van der Waals surface area contributed by atoms with Gasteiger partial charge in [-0.1, -0.05) is 6.07 Å². The first-order valence-electron chi connectivity index (χ1n) is 5.23. The van der Waals surface area contributed by atoms with Crippen LogP contribution in [0.2, 0.25) is 0 Å². The molecule has 5 nitrogen and oxygen atoms in total. The third-order valence-electron chi connectivity index (χ3n) is 2.39. The first kappa shape index (κ1) is 12.7. The fourth-order valence-electron chi connectivity index (χ4n) is 1.45. The quantitative estimate of drug-likeness (QED) is 0.879. The maximum Gasteiger partial charge on any atom is 0.243 e. The Balaban J connectivity index is 2.22. The molecule has 2 aromatic rings. The van der Waals surface area contributed by atoms with Crippen LogP contribution in [0.25, 0.3) is 0 Å². The van der Waals surface area contributed by atoms with Gasteiger partial charge in [0.25, 0.3) is 0 Å². The van der Waals surface area contributed by atoms with E-state index in [-0.39, 0.29) is 11.4 Å². The first-order chi connectivity index (χ1) is 8.49. The molecule has 0 bridgehead atoms. The van der Waals surface area contributed by atoms with Crippen molar-refractivity contribution in [2.24, 2.45) is 0 Å². The van der Waals surface area contributed by atoms with Crippen molar-refractivity contribution in [1.29, 1.82) is 0 Å². The van der Waals surface area contributed by atoms with Gasteiger partial charge in [0.15, 0.2) is 0 Å². The van der Waals surface area contributed by atoms with Crippen LogP contribution in [0.4, 0.5) is 4.39 Å². The number of aryl methyl sites for hydroxylation is 1. The van der Waals surface area contributed by atoms with Crippen LogP contribution in [0.15, 0.2) is 35.4 Å². The van der Waals surface area contributed by atoms with E-state index >= 15 is 0 Å². The number of benzene rings is 1. The van der Waals surface area contributed by atoms with Crippen molar-refractivity contribution in [3.05, 3.63) is 47.5 Å². The summed E-state index contributed by atoms with van der Waals surface area (Å²) in [6, 6.07) is 5.59. The zero-order valence-electron chi connectivity index (χ0n) is 9.64. The van der Waals surface area contributed by atoms with E-state index in [9.17, 15) is 12.8 Å². The Hall–Kier alpha value is -1.73. The summed E-state index contributed by atoms with van der Waals surface area (Å²) < 4.78 is 39.6. The highest BCUT2D eigenvalue weighted by molar-refractivity contribution is 7.89. The third kappa shape index (κ3) is 2.74. The minimum Gasteiger partial charge on any atom is -0.281 e. The molecule has 2 rings (SSSR count). The smallest absolute Gasteiger partial charge is 0.243 e. The summed E-state index contributed by atoms with van der Waals surface area (Å²) in [6.07, 6.45) is 1.51. The van der Waals surface area contributed by atoms with Crippen LogP contribution in [0, 0.1) is 12.7 Å². The molecule has 0 saturated heterocycles. The topological polar surface area (TPSA) is 74.8 Å². The maximum absolute atomic E-state index is 13.5. The van der Waals surface area contributed by atoms with E-state index in [2.05, 4.69) is 14.9 Å². The van der Waals surface area contributed by atoms with Crippen molar-refractivity contribution in [3.8, 4) is 0 Å². The number of nitrogens with zero attached hydrogens (tertiary/aromatic N) is 1. The van der Waals surface area contributed by atoms with Crippen molar-refractivity contribution in [2.45, 2.75) is 18.4 Å². The second-order valence-electron chi connectivity index (χ2n) is 3.84. The van der Waals surface area contributed by atoms with Crippen LogP contribution in [-0.2, 0) is 16.6 Å². The highest BCUT2D eigenvalue weighted by atomic mass is 32.2. The monoisotopic (exact) mass is 269 g/mol. The predicted molar refractivity (Wildman–Crippen MR) is 63.8 cm³/mol. The molecule has 1 heterocycles. The molecule has 0 unspecified atom stereocenters. The van der Waals surface area contributed by atoms with Gasteiger partial charge in [0, 0.05) is 6.20 Å². The van der Waals surface area contributed by atoms with E-state index in [4.69, 9.17) is 0 Å². The lowest BCUT2D eigenvalue weighted by Gasteiger charge is -2.07. The molecule has 2 N–H and O–H groups in total. The maximum atomic E-state index is 13.5. The standard InChI is InChI=1S/C11H12FN3O2S/c1-8-2-3-10(12)11(6-8)18(16,17)14-7-9-4-5-13-15-9/h2-6,14H,7H2,1H3,(H,13,15). The van der Waals surface area contributed by atoms with E-state index in [1.807, 2.05) is 0 Å². The largest absolute Gasteiger partial charge is 0.281 e. The Kier molecular flexibility index (Phi) is 3.44. The second kappa shape index (κ2) is 4.87. The minimum absolute atomic E-state index is 0.0374. The van der Waals surface area contributed by atoms with Gasteiger partial charge in [-0.2, -0.15) is 5.10 Å². The number of hydrogen-bond donors (Lipinski definition) is 2. The molecule has 0 amide bonds. The molecule has 1 aromatic heterocycles. The summed E-state index contributed by atoms with van der Waals surface area (Å²) in [5, 5.41) is 6.31. The summed E-state index contributed by atoms with van der Waals surface area (Å²) in [5.41, 5.74) is 1.28. The van der Waals surface area contributed by atoms with Crippen LogP contribution < -0.4 is 4.72 Å². The first-order valence-corrected chi connectivity index (χ1v) is 6.71. The Morgan fingerprint density at radius 1 is 1.39 bits per heavy atom. The van der Waals surface area contributed by atoms with E-state index in [1.54, 1.807) is 13.0 Å². The molecular weight excluding hydrogens is 257 g/mol. The van der Waals surface area contributed by atoms with Crippen molar-refractivity contribution in [2.75, 3.05) is 0 Å². The molecule has 96 valence electrons. The zero-order chi connectivity index (χ0) is 13.2. The second-order valence-corrected chi connectivity index (χ2v) is 5.58. The lowest BCUT2D eigenvalue weighted by Crippen LogP contribution is -2.24. The lowest BCUT2D eigenvalue weighted by atomic mass is 10.2. The number of halogens is 1. The molecule has 0 atom stereocenters. The summed E-state index contributed by atoms with van der Waals surface area (Å²) in [4.78, 5) is -0.345. The van der Waals surface area contributed by atoms with Gasteiger partial charge in [0.05, 0.1) is 12.2 Å². The number of aromatic amines is 1. The van der Waals surface area contributed by atoms with Gasteiger partial charge in [-0.3, -0.25) is 5.10 Å². The highest BCUT2D eigenvalue weighted by Crippen LogP contribution is 2.16. The van der Waals surface area contributed by atoms with Crippen LogP contribution in [0.3, 0.4) is 0 Å². The average molecular weight is 269 g/mol. The van der Waals surface area contributed by atoms with Crippen LogP contribution in [0.5, 0.6) is 0 Å². The molecule has 0 fully saturated rings. The predicted octanol–water partition coefficient (Wildman–Crippen LogP) is 1.34. The number of aromatic nitrogens is 2. The highest BCUT2D eigenvalue weighted by Gasteiger charge is 2.18. The number of H-pyrrole nitrogens is 1. The van der Waals surface area contributed by atoms with Crippen molar-refractivity contribution in [3.63, 3.8) is 0 Å². The lowest BCUT2D eigenvalue weighted by molar-refractivity contribution is 0.555. The van der Waals surface area contributed by atoms with Crippen molar-refractivity contribution < 1.29 is 12.8 Å². The number of nitrogens with one attached hydrogen (secondary N) is 2. The van der Waals surface area contributed by atoms with Crippen molar-refractivity contribution >= 4 is 10.0 Å².